The van der Waals surface area contributed by atoms with Gasteiger partial charge in [-0.3, -0.25) is 0 Å². The molecule has 5 nitrogen and oxygen atoms in total. The molecule has 0 saturated carbocycles. The van der Waals surface area contributed by atoms with Crippen molar-refractivity contribution >= 4 is 5.82 Å². The third-order valence-corrected chi connectivity index (χ3v) is 3.08. The average Bonchev–Trinajstić information content (AvgIpc) is 2.82. The van der Waals surface area contributed by atoms with E-state index in [1.807, 2.05) is 19.1 Å². The molecule has 0 amide bonds. The standard InChI is InChI=1S/C12H20N4O/c1-10-4-5-12(15-14-10)16(7-8-17)9-11-3-2-6-13-11/h4-5,11,13,17H,2-3,6-9H2,1H3. The summed E-state index contributed by atoms with van der Waals surface area (Å²) in [6, 6.07) is 4.42. The average molecular weight is 236 g/mol. The zero-order valence-electron chi connectivity index (χ0n) is 10.3. The summed E-state index contributed by atoms with van der Waals surface area (Å²) >= 11 is 0. The van der Waals surface area contributed by atoms with Gasteiger partial charge in [-0.15, -0.1) is 5.10 Å². The van der Waals surface area contributed by atoms with E-state index in [1.165, 1.54) is 12.8 Å². The van der Waals surface area contributed by atoms with E-state index in [9.17, 15) is 0 Å². The lowest BCUT2D eigenvalue weighted by atomic mass is 10.2. The van der Waals surface area contributed by atoms with Crippen LogP contribution in [0.1, 0.15) is 18.5 Å². The molecule has 1 aliphatic heterocycles. The highest BCUT2D eigenvalue weighted by atomic mass is 16.3. The summed E-state index contributed by atoms with van der Waals surface area (Å²) in [6.45, 7) is 4.65. The predicted octanol–water partition coefficient (Wildman–Crippen LogP) is 0.336. The van der Waals surface area contributed by atoms with Crippen LogP contribution in [0.4, 0.5) is 5.82 Å². The van der Waals surface area contributed by atoms with Gasteiger partial charge in [-0.1, -0.05) is 0 Å². The van der Waals surface area contributed by atoms with E-state index in [4.69, 9.17) is 5.11 Å². The maximum atomic E-state index is 9.12. The lowest BCUT2D eigenvalue weighted by Crippen LogP contribution is -2.39. The molecular formula is C12H20N4O. The summed E-state index contributed by atoms with van der Waals surface area (Å²) in [5.41, 5.74) is 0.914. The number of aryl methyl sites for hydroxylation is 1. The second-order valence-electron chi connectivity index (χ2n) is 4.50. The third-order valence-electron chi connectivity index (χ3n) is 3.08. The minimum absolute atomic E-state index is 0.141. The Hall–Kier alpha value is -1.20. The molecule has 1 atom stereocenters. The van der Waals surface area contributed by atoms with Crippen LogP contribution in [0.15, 0.2) is 12.1 Å². The number of hydrogen-bond acceptors (Lipinski definition) is 5. The number of hydrogen-bond donors (Lipinski definition) is 2. The molecule has 2 heterocycles. The molecule has 0 spiro atoms. The smallest absolute Gasteiger partial charge is 0.151 e. The van der Waals surface area contributed by atoms with Crippen molar-refractivity contribution in [3.8, 4) is 0 Å². The fraction of sp³-hybridized carbons (Fsp3) is 0.667. The molecule has 0 bridgehead atoms. The Labute approximate surface area is 102 Å². The van der Waals surface area contributed by atoms with Crippen LogP contribution in [0.2, 0.25) is 0 Å². The first-order valence-electron chi connectivity index (χ1n) is 6.19. The van der Waals surface area contributed by atoms with Crippen molar-refractivity contribution < 1.29 is 5.11 Å². The summed E-state index contributed by atoms with van der Waals surface area (Å²) in [6.07, 6.45) is 2.43. The third kappa shape index (κ3) is 3.38. The number of nitrogens with one attached hydrogen (secondary N) is 1. The van der Waals surface area contributed by atoms with Crippen molar-refractivity contribution in [1.82, 2.24) is 15.5 Å². The summed E-state index contributed by atoms with van der Waals surface area (Å²) < 4.78 is 0. The molecule has 1 aromatic rings. The largest absolute Gasteiger partial charge is 0.395 e. The van der Waals surface area contributed by atoms with Crippen LogP contribution in [-0.2, 0) is 0 Å². The highest BCUT2D eigenvalue weighted by Gasteiger charge is 2.18. The SMILES string of the molecule is Cc1ccc(N(CCO)CC2CCCN2)nn1. The van der Waals surface area contributed by atoms with E-state index < -0.39 is 0 Å². The van der Waals surface area contributed by atoms with Gasteiger partial charge in [0.15, 0.2) is 5.82 Å². The van der Waals surface area contributed by atoms with E-state index in [2.05, 4.69) is 20.4 Å². The Morgan fingerprint density at radius 3 is 2.94 bits per heavy atom. The Kier molecular flexibility index (Phi) is 4.28. The van der Waals surface area contributed by atoms with Gasteiger partial charge in [-0.05, 0) is 38.4 Å². The second-order valence-corrected chi connectivity index (χ2v) is 4.50. The molecule has 1 unspecified atom stereocenters. The number of rotatable bonds is 5. The van der Waals surface area contributed by atoms with Crippen LogP contribution >= 0.6 is 0 Å². The maximum absolute atomic E-state index is 9.12. The van der Waals surface area contributed by atoms with E-state index in [0.29, 0.717) is 12.6 Å². The molecule has 2 N–H and O–H groups in total. The van der Waals surface area contributed by atoms with Crippen LogP contribution in [0.3, 0.4) is 0 Å². The topological polar surface area (TPSA) is 61.3 Å². The van der Waals surface area contributed by atoms with Crippen LogP contribution in [-0.4, -0.2) is 47.6 Å². The molecule has 2 rings (SSSR count). The van der Waals surface area contributed by atoms with Crippen molar-refractivity contribution in [2.75, 3.05) is 31.1 Å². The summed E-state index contributed by atoms with van der Waals surface area (Å²) in [5.74, 6) is 0.846. The molecule has 94 valence electrons. The molecule has 1 fully saturated rings. The van der Waals surface area contributed by atoms with Gasteiger partial charge in [0, 0.05) is 19.1 Å². The highest BCUT2D eigenvalue weighted by Crippen LogP contribution is 2.13. The second kappa shape index (κ2) is 5.93. The lowest BCUT2D eigenvalue weighted by molar-refractivity contribution is 0.300. The van der Waals surface area contributed by atoms with Crippen LogP contribution in [0, 0.1) is 6.92 Å². The summed E-state index contributed by atoms with van der Waals surface area (Å²) in [5, 5.41) is 20.8. The first-order valence-corrected chi connectivity index (χ1v) is 6.19. The normalized spacial score (nSPS) is 19.5. The summed E-state index contributed by atoms with van der Waals surface area (Å²) in [4.78, 5) is 2.09. The van der Waals surface area contributed by atoms with Gasteiger partial charge in [0.05, 0.1) is 12.3 Å². The Bertz CT molecular complexity index is 335. The molecular weight excluding hydrogens is 216 g/mol. The van der Waals surface area contributed by atoms with E-state index >= 15 is 0 Å². The minimum Gasteiger partial charge on any atom is -0.395 e. The van der Waals surface area contributed by atoms with Gasteiger partial charge in [0.2, 0.25) is 0 Å². The van der Waals surface area contributed by atoms with E-state index in [0.717, 1.165) is 24.6 Å². The van der Waals surface area contributed by atoms with Gasteiger partial charge in [-0.25, -0.2) is 0 Å². The Balaban J connectivity index is 2.02. The van der Waals surface area contributed by atoms with Crippen LogP contribution < -0.4 is 10.2 Å². The minimum atomic E-state index is 0.141. The van der Waals surface area contributed by atoms with Crippen molar-refractivity contribution in [2.24, 2.45) is 0 Å². The molecule has 0 aromatic carbocycles. The van der Waals surface area contributed by atoms with Crippen LogP contribution in [0.5, 0.6) is 0 Å². The zero-order valence-corrected chi connectivity index (χ0v) is 10.3. The van der Waals surface area contributed by atoms with Crippen molar-refractivity contribution in [3.63, 3.8) is 0 Å². The molecule has 1 aromatic heterocycles. The number of aliphatic hydroxyl groups is 1. The van der Waals surface area contributed by atoms with Gasteiger partial charge < -0.3 is 15.3 Å². The molecule has 1 saturated heterocycles. The maximum Gasteiger partial charge on any atom is 0.151 e. The van der Waals surface area contributed by atoms with Gasteiger partial charge in [0.25, 0.3) is 0 Å². The Morgan fingerprint density at radius 1 is 1.47 bits per heavy atom. The van der Waals surface area contributed by atoms with Crippen LogP contribution in [0.25, 0.3) is 0 Å². The first-order chi connectivity index (χ1) is 8.29. The van der Waals surface area contributed by atoms with Gasteiger partial charge >= 0.3 is 0 Å². The fourth-order valence-corrected chi connectivity index (χ4v) is 2.16. The quantitative estimate of drug-likeness (QED) is 0.772. The van der Waals surface area contributed by atoms with Crippen molar-refractivity contribution in [1.29, 1.82) is 0 Å². The first kappa shape index (κ1) is 12.3. The number of aromatic nitrogens is 2. The molecule has 0 aliphatic carbocycles. The lowest BCUT2D eigenvalue weighted by Gasteiger charge is -2.25. The monoisotopic (exact) mass is 236 g/mol. The van der Waals surface area contributed by atoms with E-state index in [1.54, 1.807) is 0 Å². The van der Waals surface area contributed by atoms with Gasteiger partial charge in [-0.2, -0.15) is 5.10 Å². The molecule has 5 heteroatoms. The number of nitrogens with zero attached hydrogens (tertiary/aromatic N) is 3. The molecule has 0 radical (unpaired) electrons. The predicted molar refractivity (Wildman–Crippen MR) is 67.1 cm³/mol. The zero-order chi connectivity index (χ0) is 12.1. The number of aliphatic hydroxyl groups excluding tert-OH is 1. The van der Waals surface area contributed by atoms with Crippen molar-refractivity contribution in [2.45, 2.75) is 25.8 Å². The number of anilines is 1. The highest BCUT2D eigenvalue weighted by molar-refractivity contribution is 5.37. The molecule has 1 aliphatic rings. The van der Waals surface area contributed by atoms with Gasteiger partial charge in [0.1, 0.15) is 0 Å². The van der Waals surface area contributed by atoms with Crippen molar-refractivity contribution in [3.05, 3.63) is 17.8 Å². The Morgan fingerprint density at radius 2 is 2.35 bits per heavy atom. The fourth-order valence-electron chi connectivity index (χ4n) is 2.16. The summed E-state index contributed by atoms with van der Waals surface area (Å²) in [7, 11) is 0. The van der Waals surface area contributed by atoms with E-state index in [-0.39, 0.29) is 6.61 Å². The molecule has 17 heavy (non-hydrogen) atoms.